The lowest BCUT2D eigenvalue weighted by Crippen LogP contribution is -2.08. The number of hydrogen-bond acceptors (Lipinski definition) is 8. The number of allylic oxidation sites excluding steroid dienone is 1. The van der Waals surface area contributed by atoms with Gasteiger partial charge >= 0.3 is 11.9 Å². The van der Waals surface area contributed by atoms with E-state index in [-0.39, 0.29) is 30.3 Å². The van der Waals surface area contributed by atoms with Crippen LogP contribution in [0.3, 0.4) is 0 Å². The molecule has 1 unspecified atom stereocenters. The van der Waals surface area contributed by atoms with Gasteiger partial charge in [0.15, 0.2) is 0 Å². The summed E-state index contributed by atoms with van der Waals surface area (Å²) >= 11 is 0. The van der Waals surface area contributed by atoms with Gasteiger partial charge in [0.1, 0.15) is 54.3 Å². The third-order valence-corrected chi connectivity index (χ3v) is 11.6. The number of benzene rings is 6. The Labute approximate surface area is 360 Å². The summed E-state index contributed by atoms with van der Waals surface area (Å²) in [6, 6.07) is 35.8. The first-order chi connectivity index (χ1) is 30.2. The number of rotatable bonds is 17. The Hall–Kier alpha value is -7.20. The molecule has 0 saturated heterocycles. The first kappa shape index (κ1) is 41.5. The molecular weight excluding hydrogens is 785 g/mol. The van der Waals surface area contributed by atoms with Crippen molar-refractivity contribution in [2.24, 2.45) is 0 Å². The molecule has 10 heteroatoms. The average molecular weight is 833 g/mol. The highest BCUT2D eigenvalue weighted by atomic mass is 16.5. The van der Waals surface area contributed by atoms with Gasteiger partial charge in [-0.2, -0.15) is 0 Å². The van der Waals surface area contributed by atoms with Crippen LogP contribution in [0.1, 0.15) is 89.5 Å². The molecule has 0 amide bonds. The molecular formula is C52H48O10. The predicted molar refractivity (Wildman–Crippen MR) is 236 cm³/mol. The summed E-state index contributed by atoms with van der Waals surface area (Å²) in [5, 5.41) is 19.4. The Bertz CT molecular complexity index is 2620. The molecule has 6 aromatic rings. The van der Waals surface area contributed by atoms with E-state index in [4.69, 9.17) is 28.4 Å². The molecule has 1 atom stereocenters. The van der Waals surface area contributed by atoms with Crippen LogP contribution >= 0.6 is 0 Å². The van der Waals surface area contributed by atoms with E-state index < -0.39 is 11.9 Å². The molecule has 0 fully saturated rings. The second kappa shape index (κ2) is 18.6. The fourth-order valence-corrected chi connectivity index (χ4v) is 8.52. The van der Waals surface area contributed by atoms with Crippen molar-refractivity contribution in [2.45, 2.75) is 57.8 Å². The van der Waals surface area contributed by atoms with E-state index in [0.29, 0.717) is 35.2 Å². The van der Waals surface area contributed by atoms with Crippen LogP contribution in [0.25, 0.3) is 11.6 Å². The summed E-state index contributed by atoms with van der Waals surface area (Å²) in [4.78, 5) is 23.7. The lowest BCUT2D eigenvalue weighted by atomic mass is 9.92. The molecule has 0 aliphatic heterocycles. The molecule has 2 aliphatic rings. The minimum Gasteiger partial charge on any atom is -0.497 e. The van der Waals surface area contributed by atoms with Gasteiger partial charge in [-0.25, -0.2) is 9.59 Å². The minimum absolute atomic E-state index is 0.0252. The maximum Gasteiger partial charge on any atom is 0.336 e. The fourth-order valence-electron chi connectivity index (χ4n) is 8.52. The van der Waals surface area contributed by atoms with Gasteiger partial charge in [-0.15, -0.1) is 0 Å². The Morgan fingerprint density at radius 2 is 1.24 bits per heavy atom. The number of carbonyl (C=O) groups is 2. The summed E-state index contributed by atoms with van der Waals surface area (Å²) < 4.78 is 35.9. The number of fused-ring (bicyclic) bond motifs is 2. The van der Waals surface area contributed by atoms with Gasteiger partial charge in [-0.1, -0.05) is 48.5 Å². The van der Waals surface area contributed by atoms with Crippen LogP contribution in [0, 0.1) is 0 Å². The lowest BCUT2D eigenvalue weighted by Gasteiger charge is -2.18. The molecule has 2 N–H and O–H groups in total. The van der Waals surface area contributed by atoms with Crippen molar-refractivity contribution in [3.63, 3.8) is 0 Å². The highest BCUT2D eigenvalue weighted by Crippen LogP contribution is 2.43. The predicted octanol–water partition coefficient (Wildman–Crippen LogP) is 10.6. The summed E-state index contributed by atoms with van der Waals surface area (Å²) in [6.07, 6.45) is 6.52. The van der Waals surface area contributed by atoms with Crippen molar-refractivity contribution in [1.82, 2.24) is 0 Å². The van der Waals surface area contributed by atoms with Crippen molar-refractivity contribution in [3.05, 3.63) is 176 Å². The van der Waals surface area contributed by atoms with Crippen LogP contribution in [0.2, 0.25) is 0 Å². The van der Waals surface area contributed by atoms with Gasteiger partial charge in [-0.05, 0) is 138 Å². The maximum atomic E-state index is 12.4. The minimum atomic E-state index is -1.04. The van der Waals surface area contributed by atoms with Crippen molar-refractivity contribution in [2.75, 3.05) is 21.3 Å². The second-order valence-electron chi connectivity index (χ2n) is 15.6. The normalized spacial score (nSPS) is 14.5. The molecule has 0 radical (unpaired) electrons. The van der Waals surface area contributed by atoms with Crippen molar-refractivity contribution < 1.29 is 48.2 Å². The van der Waals surface area contributed by atoms with Gasteiger partial charge in [-0.3, -0.25) is 0 Å². The van der Waals surface area contributed by atoms with E-state index in [1.165, 1.54) is 16.7 Å². The first-order valence-corrected chi connectivity index (χ1v) is 20.6. The third kappa shape index (κ3) is 9.39. The molecule has 10 nitrogen and oxygen atoms in total. The van der Waals surface area contributed by atoms with E-state index in [0.717, 1.165) is 77.0 Å². The van der Waals surface area contributed by atoms with Crippen LogP contribution in [-0.2, 0) is 39.1 Å². The molecule has 6 aromatic carbocycles. The van der Waals surface area contributed by atoms with Crippen LogP contribution in [0.4, 0.5) is 0 Å². The quantitative estimate of drug-likeness (QED) is 0.0916. The highest BCUT2D eigenvalue weighted by molar-refractivity contribution is 5.90. The molecule has 316 valence electrons. The van der Waals surface area contributed by atoms with E-state index in [1.807, 2.05) is 66.7 Å². The van der Waals surface area contributed by atoms with Crippen LogP contribution in [0.15, 0.2) is 115 Å². The molecule has 8 rings (SSSR count). The van der Waals surface area contributed by atoms with Gasteiger partial charge in [0.25, 0.3) is 0 Å². The topological polar surface area (TPSA) is 130 Å². The third-order valence-electron chi connectivity index (χ3n) is 11.6. The molecule has 0 aromatic heterocycles. The number of aromatic carboxylic acids is 2. The van der Waals surface area contributed by atoms with Crippen LogP contribution in [-0.4, -0.2) is 43.5 Å². The zero-order valence-electron chi connectivity index (χ0n) is 34.9. The SMILES string of the molecule is COc1cc(C=C2CCc3cccc(OCc4ccc(C(=O)O)c(COc5cc(CC6CCc7cccc(OCc8ccc(C(=O)O)cc8)c76)cc(OC)c5)c4)c32)cc(OC)c1. The molecule has 0 spiro atoms. The van der Waals surface area contributed by atoms with Crippen LogP contribution < -0.4 is 28.4 Å². The lowest BCUT2D eigenvalue weighted by molar-refractivity contribution is 0.0684. The van der Waals surface area contributed by atoms with Gasteiger partial charge in [0, 0.05) is 28.8 Å². The van der Waals surface area contributed by atoms with Crippen molar-refractivity contribution in [1.29, 1.82) is 0 Å². The molecule has 62 heavy (non-hydrogen) atoms. The smallest absolute Gasteiger partial charge is 0.336 e. The van der Waals surface area contributed by atoms with Gasteiger partial charge in [0.05, 0.1) is 32.5 Å². The summed E-state index contributed by atoms with van der Waals surface area (Å²) in [5.74, 6) is 2.41. The van der Waals surface area contributed by atoms with Crippen molar-refractivity contribution in [3.8, 4) is 34.5 Å². The van der Waals surface area contributed by atoms with E-state index in [1.54, 1.807) is 57.7 Å². The summed E-state index contributed by atoms with van der Waals surface area (Å²) in [7, 11) is 4.89. The van der Waals surface area contributed by atoms with Gasteiger partial charge < -0.3 is 38.6 Å². The number of methoxy groups -OCH3 is 3. The number of ether oxygens (including phenoxy) is 6. The Morgan fingerprint density at radius 3 is 1.97 bits per heavy atom. The number of carboxylic acid groups (broad SMARTS) is 2. The zero-order chi connectivity index (χ0) is 43.2. The average Bonchev–Trinajstić information content (AvgIpc) is 3.90. The summed E-state index contributed by atoms with van der Waals surface area (Å²) in [5.41, 5.74) is 10.5. The Balaban J connectivity index is 0.968. The number of hydrogen-bond donors (Lipinski definition) is 2. The largest absolute Gasteiger partial charge is 0.497 e. The van der Waals surface area contributed by atoms with Crippen molar-refractivity contribution >= 4 is 23.6 Å². The molecule has 0 heterocycles. The van der Waals surface area contributed by atoms with E-state index in [2.05, 4.69) is 18.2 Å². The molecule has 0 saturated carbocycles. The van der Waals surface area contributed by atoms with E-state index in [9.17, 15) is 19.8 Å². The standard InChI is InChI=1S/C52H48O10/c1-57-42-23-34(24-43(27-42)58-2)21-39-17-15-37-7-5-9-48(50(37)39)62-30-33-12-19-46(52(55)56)41(20-33)31-60-45-26-35(25-44(28-45)59-3)22-40-18-16-36-6-4-8-47(49(36)40)61-29-32-10-13-38(14-11-32)51(53)54/h4-14,19-21,23-28,40H,15-18,22,29-31H2,1-3H3,(H,53,54)(H,55,56). The Morgan fingerprint density at radius 1 is 0.597 bits per heavy atom. The summed E-state index contributed by atoms with van der Waals surface area (Å²) in [6.45, 7) is 0.579. The maximum absolute atomic E-state index is 12.4. The molecule has 2 aliphatic carbocycles. The van der Waals surface area contributed by atoms with E-state index >= 15 is 0 Å². The van der Waals surface area contributed by atoms with Gasteiger partial charge in [0.2, 0.25) is 0 Å². The highest BCUT2D eigenvalue weighted by Gasteiger charge is 2.27. The Kier molecular flexibility index (Phi) is 12.5. The van der Waals surface area contributed by atoms with Crippen LogP contribution in [0.5, 0.6) is 34.5 Å². The number of carboxylic acids is 2. The first-order valence-electron chi connectivity index (χ1n) is 20.6. The number of aryl methyl sites for hydroxylation is 2. The molecule has 0 bridgehead atoms. The zero-order valence-corrected chi connectivity index (χ0v) is 34.9. The fraction of sp³-hybridized carbons (Fsp3) is 0.231. The second-order valence-corrected chi connectivity index (χ2v) is 15.6. The monoisotopic (exact) mass is 832 g/mol.